The molecule has 0 aromatic carbocycles. The molecule has 0 radical (unpaired) electrons. The Morgan fingerprint density at radius 2 is 2.07 bits per heavy atom. The monoisotopic (exact) mass is 211 g/mol. The van der Waals surface area contributed by atoms with Crippen molar-refractivity contribution in [2.75, 3.05) is 52.9 Å². The van der Waals surface area contributed by atoms with Crippen LogP contribution in [0.2, 0.25) is 0 Å². The van der Waals surface area contributed by atoms with Crippen molar-refractivity contribution in [2.45, 2.75) is 19.3 Å². The molecule has 0 saturated carbocycles. The van der Waals surface area contributed by atoms with Gasteiger partial charge in [-0.15, -0.1) is 0 Å². The van der Waals surface area contributed by atoms with E-state index in [1.54, 1.807) is 0 Å². The van der Waals surface area contributed by atoms with Crippen LogP contribution in [-0.2, 0) is 0 Å². The fourth-order valence-corrected chi connectivity index (χ4v) is 2.87. The third-order valence-corrected chi connectivity index (χ3v) is 3.67. The van der Waals surface area contributed by atoms with Crippen molar-refractivity contribution < 1.29 is 0 Å². The summed E-state index contributed by atoms with van der Waals surface area (Å²) >= 11 is 0. The van der Waals surface area contributed by atoms with Crippen molar-refractivity contribution in [1.29, 1.82) is 0 Å². The largest absolute Gasteiger partial charge is 0.315 e. The van der Waals surface area contributed by atoms with Gasteiger partial charge in [-0.2, -0.15) is 0 Å². The first-order valence-corrected chi connectivity index (χ1v) is 6.46. The minimum Gasteiger partial charge on any atom is -0.315 e. The molecule has 2 saturated heterocycles. The van der Waals surface area contributed by atoms with Crippen LogP contribution in [0.5, 0.6) is 0 Å². The quantitative estimate of drug-likeness (QED) is 0.722. The van der Waals surface area contributed by atoms with Crippen molar-refractivity contribution >= 4 is 0 Å². The Bertz CT molecular complexity index is 176. The zero-order valence-electron chi connectivity index (χ0n) is 10.0. The maximum Gasteiger partial charge on any atom is 0.0107 e. The number of rotatable bonds is 2. The second-order valence-corrected chi connectivity index (χ2v) is 5.17. The molecule has 0 aromatic heterocycles. The molecule has 2 fully saturated rings. The van der Waals surface area contributed by atoms with E-state index in [0.717, 1.165) is 5.92 Å². The Balaban J connectivity index is 1.74. The average Bonchev–Trinajstić information content (AvgIpc) is 2.46. The van der Waals surface area contributed by atoms with Crippen LogP contribution in [0.15, 0.2) is 0 Å². The third-order valence-electron chi connectivity index (χ3n) is 3.67. The van der Waals surface area contributed by atoms with Crippen LogP contribution in [0.3, 0.4) is 0 Å². The normalized spacial score (nSPS) is 31.4. The number of nitrogens with zero attached hydrogens (tertiary/aromatic N) is 2. The maximum atomic E-state index is 3.47. The first kappa shape index (κ1) is 11.4. The Morgan fingerprint density at radius 1 is 1.13 bits per heavy atom. The highest BCUT2D eigenvalue weighted by atomic mass is 15.2. The SMILES string of the molecule is CN1CCCC(CN2CCCNCC2)C1. The molecule has 0 aromatic rings. The van der Waals surface area contributed by atoms with E-state index in [0.29, 0.717) is 0 Å². The first-order chi connectivity index (χ1) is 7.34. The summed E-state index contributed by atoms with van der Waals surface area (Å²) in [7, 11) is 2.26. The Hall–Kier alpha value is -0.120. The molecule has 0 aliphatic carbocycles. The standard InChI is InChI=1S/C12H25N3/c1-14-7-2-4-12(10-14)11-15-8-3-5-13-6-9-15/h12-13H,2-11H2,1H3. The minimum absolute atomic E-state index is 0.918. The second-order valence-electron chi connectivity index (χ2n) is 5.17. The summed E-state index contributed by atoms with van der Waals surface area (Å²) < 4.78 is 0. The van der Waals surface area contributed by atoms with E-state index in [4.69, 9.17) is 0 Å². The fourth-order valence-electron chi connectivity index (χ4n) is 2.87. The molecule has 1 N–H and O–H groups in total. The molecular weight excluding hydrogens is 186 g/mol. The van der Waals surface area contributed by atoms with E-state index < -0.39 is 0 Å². The summed E-state index contributed by atoms with van der Waals surface area (Å²) in [6.45, 7) is 8.88. The predicted octanol–water partition coefficient (Wildman–Crippen LogP) is 0.624. The fraction of sp³-hybridized carbons (Fsp3) is 1.00. The molecule has 0 spiro atoms. The van der Waals surface area contributed by atoms with E-state index in [1.165, 1.54) is 65.1 Å². The topological polar surface area (TPSA) is 18.5 Å². The molecule has 2 aliphatic rings. The molecular formula is C12H25N3. The van der Waals surface area contributed by atoms with Gasteiger partial charge in [0.15, 0.2) is 0 Å². The van der Waals surface area contributed by atoms with E-state index >= 15 is 0 Å². The summed E-state index contributed by atoms with van der Waals surface area (Å²) in [5.74, 6) is 0.918. The van der Waals surface area contributed by atoms with Gasteiger partial charge in [-0.25, -0.2) is 0 Å². The molecule has 1 unspecified atom stereocenters. The molecule has 15 heavy (non-hydrogen) atoms. The Kier molecular flexibility index (Phi) is 4.42. The molecule has 3 heteroatoms. The molecule has 0 amide bonds. The number of likely N-dealkylation sites (tertiary alicyclic amines) is 1. The smallest absolute Gasteiger partial charge is 0.0107 e. The van der Waals surface area contributed by atoms with Gasteiger partial charge in [0.1, 0.15) is 0 Å². The lowest BCUT2D eigenvalue weighted by atomic mass is 9.98. The highest BCUT2D eigenvalue weighted by molar-refractivity contribution is 4.75. The van der Waals surface area contributed by atoms with Gasteiger partial charge in [0.2, 0.25) is 0 Å². The van der Waals surface area contributed by atoms with Crippen molar-refractivity contribution in [3.63, 3.8) is 0 Å². The second kappa shape index (κ2) is 5.83. The lowest BCUT2D eigenvalue weighted by Crippen LogP contribution is -2.40. The van der Waals surface area contributed by atoms with Crippen molar-refractivity contribution in [2.24, 2.45) is 5.92 Å². The molecule has 1 atom stereocenters. The highest BCUT2D eigenvalue weighted by Crippen LogP contribution is 2.16. The van der Waals surface area contributed by atoms with Crippen LogP contribution >= 0.6 is 0 Å². The van der Waals surface area contributed by atoms with Crippen LogP contribution in [-0.4, -0.2) is 62.7 Å². The van der Waals surface area contributed by atoms with Crippen molar-refractivity contribution in [3.8, 4) is 0 Å². The van der Waals surface area contributed by atoms with Gasteiger partial charge >= 0.3 is 0 Å². The zero-order valence-corrected chi connectivity index (χ0v) is 10.0. The number of hydrogen-bond acceptors (Lipinski definition) is 3. The average molecular weight is 211 g/mol. The van der Waals surface area contributed by atoms with Gasteiger partial charge in [0.25, 0.3) is 0 Å². The highest BCUT2D eigenvalue weighted by Gasteiger charge is 2.20. The van der Waals surface area contributed by atoms with E-state index in [9.17, 15) is 0 Å². The maximum absolute atomic E-state index is 3.47. The Morgan fingerprint density at radius 3 is 2.93 bits per heavy atom. The van der Waals surface area contributed by atoms with Crippen LogP contribution in [0, 0.1) is 5.92 Å². The van der Waals surface area contributed by atoms with Gasteiger partial charge in [0.05, 0.1) is 0 Å². The molecule has 0 bridgehead atoms. The molecule has 2 aliphatic heterocycles. The molecule has 2 heterocycles. The van der Waals surface area contributed by atoms with Gasteiger partial charge < -0.3 is 15.1 Å². The van der Waals surface area contributed by atoms with Crippen LogP contribution < -0.4 is 5.32 Å². The zero-order chi connectivity index (χ0) is 10.5. The van der Waals surface area contributed by atoms with Gasteiger partial charge in [-0.1, -0.05) is 0 Å². The molecule has 88 valence electrons. The van der Waals surface area contributed by atoms with E-state index in [2.05, 4.69) is 22.2 Å². The van der Waals surface area contributed by atoms with Crippen LogP contribution in [0.25, 0.3) is 0 Å². The summed E-state index contributed by atoms with van der Waals surface area (Å²) in [4.78, 5) is 5.15. The summed E-state index contributed by atoms with van der Waals surface area (Å²) in [5, 5.41) is 3.47. The molecule has 3 nitrogen and oxygen atoms in total. The van der Waals surface area contributed by atoms with Gasteiger partial charge in [-0.05, 0) is 51.9 Å². The summed E-state index contributed by atoms with van der Waals surface area (Å²) in [5.41, 5.74) is 0. The Labute approximate surface area is 93.8 Å². The van der Waals surface area contributed by atoms with Crippen LogP contribution in [0.1, 0.15) is 19.3 Å². The van der Waals surface area contributed by atoms with E-state index in [1.807, 2.05) is 0 Å². The summed E-state index contributed by atoms with van der Waals surface area (Å²) in [6, 6.07) is 0. The lowest BCUT2D eigenvalue weighted by molar-refractivity contribution is 0.156. The predicted molar refractivity (Wildman–Crippen MR) is 64.1 cm³/mol. The third kappa shape index (κ3) is 3.74. The van der Waals surface area contributed by atoms with Gasteiger partial charge in [0, 0.05) is 26.2 Å². The number of nitrogens with one attached hydrogen (secondary N) is 1. The number of hydrogen-bond donors (Lipinski definition) is 1. The minimum atomic E-state index is 0.918. The van der Waals surface area contributed by atoms with Gasteiger partial charge in [-0.3, -0.25) is 0 Å². The lowest BCUT2D eigenvalue weighted by Gasteiger charge is -2.33. The molecule has 2 rings (SSSR count). The summed E-state index contributed by atoms with van der Waals surface area (Å²) in [6.07, 6.45) is 4.16. The first-order valence-electron chi connectivity index (χ1n) is 6.46. The van der Waals surface area contributed by atoms with Crippen LogP contribution in [0.4, 0.5) is 0 Å². The van der Waals surface area contributed by atoms with Crippen molar-refractivity contribution in [3.05, 3.63) is 0 Å². The number of piperidine rings is 1. The van der Waals surface area contributed by atoms with Crippen molar-refractivity contribution in [1.82, 2.24) is 15.1 Å². The van der Waals surface area contributed by atoms with E-state index in [-0.39, 0.29) is 0 Å².